The molecule has 0 spiro atoms. The second-order valence-corrected chi connectivity index (χ2v) is 6.48. The molecule has 31 heavy (non-hydrogen) atoms. The number of amides is 2. The van der Waals surface area contributed by atoms with Crippen molar-refractivity contribution in [2.75, 3.05) is 5.32 Å². The first kappa shape index (κ1) is 19.8. The molecule has 0 aliphatic carbocycles. The van der Waals surface area contributed by atoms with Crippen LogP contribution in [0.25, 0.3) is 11.8 Å². The van der Waals surface area contributed by atoms with Crippen LogP contribution in [0.1, 0.15) is 16.1 Å². The molecule has 2 aromatic heterocycles. The Bertz CT molecular complexity index is 1220. The van der Waals surface area contributed by atoms with Crippen molar-refractivity contribution < 1.29 is 18.4 Å². The van der Waals surface area contributed by atoms with Gasteiger partial charge < -0.3 is 19.6 Å². The fourth-order valence-corrected chi connectivity index (χ4v) is 2.85. The summed E-state index contributed by atoms with van der Waals surface area (Å²) in [6, 6.07) is 16.0. The van der Waals surface area contributed by atoms with Crippen molar-refractivity contribution in [3.05, 3.63) is 108 Å². The molecule has 7 nitrogen and oxygen atoms in total. The van der Waals surface area contributed by atoms with Crippen LogP contribution < -0.4 is 10.6 Å². The van der Waals surface area contributed by atoms with E-state index in [1.807, 2.05) is 0 Å². The Kier molecular flexibility index (Phi) is 5.70. The number of carbonyl (C=O) groups excluding carboxylic acids is 2. The molecule has 2 aromatic carbocycles. The Labute approximate surface area is 176 Å². The van der Waals surface area contributed by atoms with Crippen LogP contribution in [0.5, 0.6) is 0 Å². The van der Waals surface area contributed by atoms with Crippen LogP contribution in [0, 0.1) is 5.82 Å². The first-order valence-electron chi connectivity index (χ1n) is 9.31. The minimum atomic E-state index is -0.629. The Hall–Kier alpha value is -4.46. The van der Waals surface area contributed by atoms with Gasteiger partial charge in [0.25, 0.3) is 11.8 Å². The van der Waals surface area contributed by atoms with E-state index in [0.717, 1.165) is 0 Å². The Morgan fingerprint density at radius 3 is 2.58 bits per heavy atom. The number of benzene rings is 2. The molecule has 0 radical (unpaired) electrons. The quantitative estimate of drug-likeness (QED) is 0.465. The van der Waals surface area contributed by atoms with E-state index >= 15 is 0 Å². The summed E-state index contributed by atoms with van der Waals surface area (Å²) in [6.45, 7) is 0. The molecule has 0 aliphatic rings. The molecule has 4 aromatic rings. The maximum atomic E-state index is 14.5. The van der Waals surface area contributed by atoms with Gasteiger partial charge in [0.1, 0.15) is 17.3 Å². The van der Waals surface area contributed by atoms with Gasteiger partial charge in [0.05, 0.1) is 18.3 Å². The maximum absolute atomic E-state index is 14.5. The van der Waals surface area contributed by atoms with Gasteiger partial charge in [0.2, 0.25) is 0 Å². The number of nitrogens with zero attached hydrogens (tertiary/aromatic N) is 2. The predicted octanol–water partition coefficient (Wildman–Crippen LogP) is 4.01. The molecule has 0 saturated carbocycles. The SMILES string of the molecule is O=C(Nc1ccc(-n2ccnc2)c(F)c1)C(=Cc1ccco1)NC(=O)c1ccccc1. The van der Waals surface area contributed by atoms with Gasteiger partial charge in [-0.1, -0.05) is 18.2 Å². The lowest BCUT2D eigenvalue weighted by Crippen LogP contribution is -2.30. The molecule has 0 fully saturated rings. The smallest absolute Gasteiger partial charge is 0.272 e. The number of hydrogen-bond acceptors (Lipinski definition) is 4. The van der Waals surface area contributed by atoms with E-state index in [1.54, 1.807) is 54.7 Å². The summed E-state index contributed by atoms with van der Waals surface area (Å²) in [7, 11) is 0. The van der Waals surface area contributed by atoms with Crippen LogP contribution in [0.4, 0.5) is 10.1 Å². The van der Waals surface area contributed by atoms with E-state index in [4.69, 9.17) is 4.42 Å². The lowest BCUT2D eigenvalue weighted by Gasteiger charge is -2.12. The zero-order valence-corrected chi connectivity index (χ0v) is 16.2. The molecule has 0 saturated heterocycles. The fraction of sp³-hybridized carbons (Fsp3) is 0. The van der Waals surface area contributed by atoms with E-state index in [0.29, 0.717) is 17.0 Å². The molecule has 154 valence electrons. The third-order valence-corrected chi connectivity index (χ3v) is 4.35. The monoisotopic (exact) mass is 416 g/mol. The van der Waals surface area contributed by atoms with E-state index in [2.05, 4.69) is 15.6 Å². The number of anilines is 1. The lowest BCUT2D eigenvalue weighted by molar-refractivity contribution is -0.113. The highest BCUT2D eigenvalue weighted by atomic mass is 19.1. The van der Waals surface area contributed by atoms with Crippen LogP contribution in [-0.2, 0) is 4.79 Å². The molecular formula is C23H17FN4O3. The van der Waals surface area contributed by atoms with Gasteiger partial charge in [-0.15, -0.1) is 0 Å². The molecule has 0 bridgehead atoms. The number of halogens is 1. The number of imidazole rings is 1. The number of nitrogens with one attached hydrogen (secondary N) is 2. The zero-order valence-electron chi connectivity index (χ0n) is 16.2. The number of hydrogen-bond donors (Lipinski definition) is 2. The number of rotatable bonds is 6. The van der Waals surface area contributed by atoms with Crippen molar-refractivity contribution in [2.24, 2.45) is 0 Å². The third-order valence-electron chi connectivity index (χ3n) is 4.35. The van der Waals surface area contributed by atoms with Crippen LogP contribution in [0.2, 0.25) is 0 Å². The average molecular weight is 416 g/mol. The van der Waals surface area contributed by atoms with Crippen molar-refractivity contribution in [1.29, 1.82) is 0 Å². The van der Waals surface area contributed by atoms with Gasteiger partial charge in [-0.05, 0) is 42.5 Å². The molecule has 2 heterocycles. The molecule has 0 atom stereocenters. The van der Waals surface area contributed by atoms with Crippen molar-refractivity contribution in [1.82, 2.24) is 14.9 Å². The van der Waals surface area contributed by atoms with Crippen molar-refractivity contribution in [2.45, 2.75) is 0 Å². The molecule has 0 aliphatic heterocycles. The van der Waals surface area contributed by atoms with Gasteiger partial charge >= 0.3 is 0 Å². The standard InChI is InChI=1S/C23H17FN4O3/c24-19-13-17(8-9-21(19)28-11-10-25-15-28)26-23(30)20(14-18-7-4-12-31-18)27-22(29)16-5-2-1-3-6-16/h1-15H,(H,26,30)(H,27,29). The van der Waals surface area contributed by atoms with Gasteiger partial charge in [-0.2, -0.15) is 0 Å². The molecule has 4 rings (SSSR count). The van der Waals surface area contributed by atoms with E-state index < -0.39 is 17.6 Å². The summed E-state index contributed by atoms with van der Waals surface area (Å²) in [5, 5.41) is 5.18. The zero-order chi connectivity index (χ0) is 21.6. The largest absolute Gasteiger partial charge is 0.465 e. The lowest BCUT2D eigenvalue weighted by atomic mass is 10.2. The highest BCUT2D eigenvalue weighted by Gasteiger charge is 2.16. The summed E-state index contributed by atoms with van der Waals surface area (Å²) in [5.41, 5.74) is 0.851. The van der Waals surface area contributed by atoms with Crippen molar-refractivity contribution >= 4 is 23.6 Å². The highest BCUT2D eigenvalue weighted by Crippen LogP contribution is 2.19. The number of aromatic nitrogens is 2. The fourth-order valence-electron chi connectivity index (χ4n) is 2.85. The molecule has 0 unspecified atom stereocenters. The minimum absolute atomic E-state index is 0.0529. The predicted molar refractivity (Wildman–Crippen MR) is 113 cm³/mol. The Morgan fingerprint density at radius 2 is 1.90 bits per heavy atom. The Balaban J connectivity index is 1.56. The molecule has 2 N–H and O–H groups in total. The van der Waals surface area contributed by atoms with Crippen LogP contribution in [0.15, 0.2) is 95.8 Å². The van der Waals surface area contributed by atoms with Crippen LogP contribution >= 0.6 is 0 Å². The van der Waals surface area contributed by atoms with Gasteiger partial charge in [-0.3, -0.25) is 9.59 Å². The first-order valence-corrected chi connectivity index (χ1v) is 9.31. The minimum Gasteiger partial charge on any atom is -0.465 e. The second-order valence-electron chi connectivity index (χ2n) is 6.48. The van der Waals surface area contributed by atoms with E-state index in [-0.39, 0.29) is 11.4 Å². The summed E-state index contributed by atoms with van der Waals surface area (Å²) < 4.78 is 21.3. The van der Waals surface area contributed by atoms with E-state index in [1.165, 1.54) is 41.6 Å². The summed E-state index contributed by atoms with van der Waals surface area (Å²) in [5.74, 6) is -1.26. The molecule has 2 amide bonds. The van der Waals surface area contributed by atoms with Gasteiger partial charge in [-0.25, -0.2) is 9.37 Å². The summed E-state index contributed by atoms with van der Waals surface area (Å²) >= 11 is 0. The van der Waals surface area contributed by atoms with Gasteiger partial charge in [0.15, 0.2) is 0 Å². The second kappa shape index (κ2) is 8.91. The van der Waals surface area contributed by atoms with E-state index in [9.17, 15) is 14.0 Å². The Morgan fingerprint density at radius 1 is 1.06 bits per heavy atom. The first-order chi connectivity index (χ1) is 15.1. The van der Waals surface area contributed by atoms with Crippen molar-refractivity contribution in [3.63, 3.8) is 0 Å². The van der Waals surface area contributed by atoms with Crippen LogP contribution in [0.3, 0.4) is 0 Å². The number of furan rings is 1. The summed E-state index contributed by atoms with van der Waals surface area (Å²) in [6.07, 6.45) is 7.47. The number of carbonyl (C=O) groups is 2. The molecule has 8 heteroatoms. The van der Waals surface area contributed by atoms with Crippen molar-refractivity contribution in [3.8, 4) is 5.69 Å². The highest BCUT2D eigenvalue weighted by molar-refractivity contribution is 6.10. The normalized spacial score (nSPS) is 11.2. The topological polar surface area (TPSA) is 89.2 Å². The van der Waals surface area contributed by atoms with Gasteiger partial charge in [0, 0.05) is 29.7 Å². The average Bonchev–Trinajstić information content (AvgIpc) is 3.48. The summed E-state index contributed by atoms with van der Waals surface area (Å²) in [4.78, 5) is 29.3. The maximum Gasteiger partial charge on any atom is 0.272 e. The van der Waals surface area contributed by atoms with Crippen LogP contribution in [-0.4, -0.2) is 21.4 Å². The molecular weight excluding hydrogens is 399 g/mol. The third kappa shape index (κ3) is 4.76.